The van der Waals surface area contributed by atoms with Crippen LogP contribution in [-0.2, 0) is 0 Å². The van der Waals surface area contributed by atoms with Gasteiger partial charge in [0.2, 0.25) is 0 Å². The topological polar surface area (TPSA) is 67.2 Å². The summed E-state index contributed by atoms with van der Waals surface area (Å²) in [4.78, 5) is 16.9. The zero-order valence-corrected chi connectivity index (χ0v) is 13.6. The summed E-state index contributed by atoms with van der Waals surface area (Å²) in [6, 6.07) is 2.72. The maximum absolute atomic E-state index is 12.6. The minimum atomic E-state index is -0.0691. The predicted octanol–water partition coefficient (Wildman–Crippen LogP) is 2.82. The van der Waals surface area contributed by atoms with Crippen LogP contribution in [0.15, 0.2) is 22.9 Å². The lowest BCUT2D eigenvalue weighted by Crippen LogP contribution is -2.59. The molecule has 5 nitrogen and oxygen atoms in total. The number of carbonyl (C=O) groups is 1. The SMILES string of the molecule is CC(C)c1coc2cnc(C(=O)N[C@@H]3CCNC4CCC43)cc12. The number of nitrogens with zero attached hydrogens (tertiary/aromatic N) is 1. The summed E-state index contributed by atoms with van der Waals surface area (Å²) in [6.07, 6.45) is 6.86. The third kappa shape index (κ3) is 2.53. The Morgan fingerprint density at radius 3 is 3.00 bits per heavy atom. The molecule has 2 unspecified atom stereocenters. The van der Waals surface area contributed by atoms with Crippen LogP contribution in [0.4, 0.5) is 0 Å². The molecule has 2 N–H and O–H groups in total. The molecule has 3 atom stereocenters. The first-order valence-electron chi connectivity index (χ1n) is 8.55. The molecule has 1 saturated heterocycles. The standard InChI is InChI=1S/C18H23N3O2/c1-10(2)13-9-23-17-8-20-16(7-12(13)17)18(22)21-15-5-6-19-14-4-3-11(14)15/h7-11,14-15,19H,3-6H2,1-2H3,(H,21,22)/t11?,14?,15-/m1/s1. The van der Waals surface area contributed by atoms with Crippen LogP contribution in [0.3, 0.4) is 0 Å². The summed E-state index contributed by atoms with van der Waals surface area (Å²) < 4.78 is 5.53. The minimum absolute atomic E-state index is 0.0691. The van der Waals surface area contributed by atoms with Crippen LogP contribution in [0.2, 0.25) is 0 Å². The van der Waals surface area contributed by atoms with Crippen molar-refractivity contribution in [3.63, 3.8) is 0 Å². The maximum Gasteiger partial charge on any atom is 0.270 e. The monoisotopic (exact) mass is 313 g/mol. The van der Waals surface area contributed by atoms with Gasteiger partial charge in [0.25, 0.3) is 5.91 Å². The van der Waals surface area contributed by atoms with Gasteiger partial charge in [0.15, 0.2) is 5.58 Å². The summed E-state index contributed by atoms with van der Waals surface area (Å²) in [6.45, 7) is 5.23. The summed E-state index contributed by atoms with van der Waals surface area (Å²) in [5.74, 6) is 0.867. The highest BCUT2D eigenvalue weighted by molar-refractivity contribution is 5.96. The predicted molar refractivity (Wildman–Crippen MR) is 88.5 cm³/mol. The Kier molecular flexibility index (Phi) is 3.60. The maximum atomic E-state index is 12.6. The average molecular weight is 313 g/mol. The number of furan rings is 1. The van der Waals surface area contributed by atoms with E-state index in [-0.39, 0.29) is 11.9 Å². The Balaban J connectivity index is 1.56. The van der Waals surface area contributed by atoms with Gasteiger partial charge >= 0.3 is 0 Å². The Bertz CT molecular complexity index is 737. The highest BCUT2D eigenvalue weighted by Crippen LogP contribution is 2.34. The number of piperidine rings is 1. The summed E-state index contributed by atoms with van der Waals surface area (Å²) in [5, 5.41) is 7.72. The molecule has 1 aliphatic heterocycles. The third-order valence-corrected chi connectivity index (χ3v) is 5.37. The molecule has 0 spiro atoms. The third-order valence-electron chi connectivity index (χ3n) is 5.37. The highest BCUT2D eigenvalue weighted by atomic mass is 16.3. The number of carbonyl (C=O) groups excluding carboxylic acids is 1. The molecule has 3 heterocycles. The Morgan fingerprint density at radius 2 is 2.26 bits per heavy atom. The molecule has 1 saturated carbocycles. The molecule has 2 fully saturated rings. The van der Waals surface area contributed by atoms with E-state index in [2.05, 4.69) is 29.5 Å². The van der Waals surface area contributed by atoms with Crippen molar-refractivity contribution in [1.82, 2.24) is 15.6 Å². The van der Waals surface area contributed by atoms with E-state index in [0.717, 1.165) is 29.5 Å². The van der Waals surface area contributed by atoms with Crippen LogP contribution in [0, 0.1) is 5.92 Å². The van der Waals surface area contributed by atoms with E-state index in [1.807, 2.05) is 6.07 Å². The molecule has 4 rings (SSSR count). The number of hydrogen-bond donors (Lipinski definition) is 2. The van der Waals surface area contributed by atoms with Crippen LogP contribution >= 0.6 is 0 Å². The van der Waals surface area contributed by atoms with Gasteiger partial charge in [-0.15, -0.1) is 0 Å². The summed E-state index contributed by atoms with van der Waals surface area (Å²) in [7, 11) is 0. The highest BCUT2D eigenvalue weighted by Gasteiger charge is 2.40. The molecule has 5 heteroatoms. The number of rotatable bonds is 3. The van der Waals surface area contributed by atoms with Crippen molar-refractivity contribution in [3.8, 4) is 0 Å². The number of fused-ring (bicyclic) bond motifs is 2. The first kappa shape index (κ1) is 14.7. The number of pyridine rings is 1. The van der Waals surface area contributed by atoms with Gasteiger partial charge in [-0.05, 0) is 43.7 Å². The van der Waals surface area contributed by atoms with Crippen LogP contribution in [0.1, 0.15) is 55.1 Å². The molecular weight excluding hydrogens is 290 g/mol. The quantitative estimate of drug-likeness (QED) is 0.914. The zero-order chi connectivity index (χ0) is 16.0. The van der Waals surface area contributed by atoms with E-state index < -0.39 is 0 Å². The fourth-order valence-electron chi connectivity index (χ4n) is 3.84. The first-order valence-corrected chi connectivity index (χ1v) is 8.55. The second-order valence-corrected chi connectivity index (χ2v) is 7.08. The summed E-state index contributed by atoms with van der Waals surface area (Å²) in [5.41, 5.74) is 2.35. The summed E-state index contributed by atoms with van der Waals surface area (Å²) >= 11 is 0. The lowest BCUT2D eigenvalue weighted by Gasteiger charge is -2.46. The Hall–Kier alpha value is -1.88. The van der Waals surface area contributed by atoms with Crippen LogP contribution < -0.4 is 10.6 Å². The van der Waals surface area contributed by atoms with Gasteiger partial charge in [-0.25, -0.2) is 4.98 Å². The van der Waals surface area contributed by atoms with Crippen LogP contribution in [0.5, 0.6) is 0 Å². The van der Waals surface area contributed by atoms with Gasteiger partial charge in [-0.1, -0.05) is 13.8 Å². The lowest BCUT2D eigenvalue weighted by molar-refractivity contribution is 0.0794. The van der Waals surface area contributed by atoms with Gasteiger partial charge in [-0.2, -0.15) is 0 Å². The fourth-order valence-corrected chi connectivity index (χ4v) is 3.84. The van der Waals surface area contributed by atoms with Gasteiger partial charge in [0.05, 0.1) is 12.5 Å². The van der Waals surface area contributed by atoms with Crippen LogP contribution in [-0.4, -0.2) is 29.5 Å². The van der Waals surface area contributed by atoms with E-state index in [9.17, 15) is 4.79 Å². The van der Waals surface area contributed by atoms with Gasteiger partial charge in [0, 0.05) is 23.0 Å². The molecule has 122 valence electrons. The molecule has 23 heavy (non-hydrogen) atoms. The molecule has 0 radical (unpaired) electrons. The molecule has 0 aromatic carbocycles. The molecule has 1 amide bonds. The smallest absolute Gasteiger partial charge is 0.270 e. The number of aromatic nitrogens is 1. The average Bonchev–Trinajstić information content (AvgIpc) is 2.92. The molecule has 1 aliphatic carbocycles. The van der Waals surface area contributed by atoms with Crippen molar-refractivity contribution in [2.45, 2.75) is 51.1 Å². The molecule has 2 aliphatic rings. The van der Waals surface area contributed by atoms with Crippen molar-refractivity contribution >= 4 is 16.9 Å². The van der Waals surface area contributed by atoms with Crippen molar-refractivity contribution in [3.05, 3.63) is 29.8 Å². The number of nitrogens with one attached hydrogen (secondary N) is 2. The largest absolute Gasteiger partial charge is 0.462 e. The number of amides is 1. The minimum Gasteiger partial charge on any atom is -0.462 e. The van der Waals surface area contributed by atoms with Crippen molar-refractivity contribution in [1.29, 1.82) is 0 Å². The van der Waals surface area contributed by atoms with E-state index in [4.69, 9.17) is 4.42 Å². The number of hydrogen-bond acceptors (Lipinski definition) is 4. The fraction of sp³-hybridized carbons (Fsp3) is 0.556. The Labute approximate surface area is 135 Å². The van der Waals surface area contributed by atoms with Crippen LogP contribution in [0.25, 0.3) is 11.0 Å². The lowest BCUT2D eigenvalue weighted by atomic mass is 9.71. The zero-order valence-electron chi connectivity index (χ0n) is 13.6. The molecule has 2 aromatic heterocycles. The van der Waals surface area contributed by atoms with Gasteiger partial charge < -0.3 is 15.1 Å². The molecular formula is C18H23N3O2. The van der Waals surface area contributed by atoms with Crippen molar-refractivity contribution in [2.75, 3.05) is 6.54 Å². The van der Waals surface area contributed by atoms with Gasteiger partial charge in [0.1, 0.15) is 5.69 Å². The Morgan fingerprint density at radius 1 is 1.39 bits per heavy atom. The van der Waals surface area contributed by atoms with Gasteiger partial charge in [-0.3, -0.25) is 4.79 Å². The molecule has 2 aromatic rings. The van der Waals surface area contributed by atoms with E-state index in [1.54, 1.807) is 12.5 Å². The second-order valence-electron chi connectivity index (χ2n) is 7.08. The first-order chi connectivity index (χ1) is 11.1. The normalized spacial score (nSPS) is 26.8. The van der Waals surface area contributed by atoms with E-state index in [1.165, 1.54) is 12.8 Å². The van der Waals surface area contributed by atoms with Crippen molar-refractivity contribution in [2.24, 2.45) is 5.92 Å². The second kappa shape index (κ2) is 5.64. The van der Waals surface area contributed by atoms with Crippen molar-refractivity contribution < 1.29 is 9.21 Å². The van der Waals surface area contributed by atoms with E-state index >= 15 is 0 Å². The molecule has 0 bridgehead atoms. The van der Waals surface area contributed by atoms with E-state index in [0.29, 0.717) is 23.6 Å².